The molecule has 3 aliphatic rings. The molecule has 2 aliphatic heterocycles. The minimum Gasteiger partial charge on any atom is -0.454 e. The van der Waals surface area contributed by atoms with Crippen LogP contribution < -0.4 is 30.7 Å². The Hall–Kier alpha value is -4.64. The fourth-order valence-corrected chi connectivity index (χ4v) is 5.95. The number of carbonyl (C=O) groups is 3. The maximum absolute atomic E-state index is 13.4. The molecule has 3 aromatic carbocycles. The van der Waals surface area contributed by atoms with Crippen molar-refractivity contribution in [1.29, 1.82) is 0 Å². The van der Waals surface area contributed by atoms with E-state index in [-0.39, 0.29) is 42.4 Å². The van der Waals surface area contributed by atoms with Gasteiger partial charge in [0.1, 0.15) is 5.82 Å². The summed E-state index contributed by atoms with van der Waals surface area (Å²) in [5.41, 5.74) is 8.53. The van der Waals surface area contributed by atoms with Gasteiger partial charge in [0.2, 0.25) is 6.79 Å². The molecule has 1 aliphatic carbocycles. The highest BCUT2D eigenvalue weighted by Crippen LogP contribution is 2.34. The molecule has 11 heteroatoms. The first-order chi connectivity index (χ1) is 21.3. The molecule has 4 N–H and O–H groups in total. The van der Waals surface area contributed by atoms with E-state index >= 15 is 0 Å². The van der Waals surface area contributed by atoms with Crippen molar-refractivity contribution in [2.24, 2.45) is 5.73 Å². The summed E-state index contributed by atoms with van der Waals surface area (Å²) in [6.45, 7) is 2.22. The molecule has 44 heavy (non-hydrogen) atoms. The molecule has 2 heterocycles. The number of nitrogens with one attached hydrogen (secondary N) is 2. The fourth-order valence-electron chi connectivity index (χ4n) is 5.95. The van der Waals surface area contributed by atoms with Crippen molar-refractivity contribution >= 4 is 29.1 Å². The van der Waals surface area contributed by atoms with Gasteiger partial charge in [-0.3, -0.25) is 14.4 Å². The zero-order valence-corrected chi connectivity index (χ0v) is 24.4. The molecule has 6 rings (SSSR count). The van der Waals surface area contributed by atoms with E-state index in [9.17, 15) is 18.8 Å². The summed E-state index contributed by atoms with van der Waals surface area (Å²) in [5, 5.41) is 6.14. The second-order valence-electron chi connectivity index (χ2n) is 11.5. The number of benzene rings is 3. The van der Waals surface area contributed by atoms with Crippen LogP contribution in [0.25, 0.3) is 0 Å². The van der Waals surface area contributed by atoms with Gasteiger partial charge >= 0.3 is 0 Å². The number of anilines is 2. The van der Waals surface area contributed by atoms with Crippen molar-refractivity contribution in [1.82, 2.24) is 10.2 Å². The Morgan fingerprint density at radius 3 is 2.27 bits per heavy atom. The summed E-state index contributed by atoms with van der Waals surface area (Å²) in [6, 6.07) is 16.1. The molecule has 3 amide bonds. The summed E-state index contributed by atoms with van der Waals surface area (Å²) in [7, 11) is 0. The predicted molar refractivity (Wildman–Crippen MR) is 164 cm³/mol. The topological polar surface area (TPSA) is 126 Å². The first-order valence-electron chi connectivity index (χ1n) is 15.1. The zero-order valence-electron chi connectivity index (χ0n) is 24.4. The summed E-state index contributed by atoms with van der Waals surface area (Å²) in [6.07, 6.45) is 4.10. The predicted octanol–water partition coefficient (Wildman–Crippen LogP) is 4.16. The van der Waals surface area contributed by atoms with Crippen molar-refractivity contribution < 1.29 is 28.2 Å². The first kappa shape index (κ1) is 29.4. The van der Waals surface area contributed by atoms with E-state index in [1.807, 2.05) is 6.07 Å². The van der Waals surface area contributed by atoms with Gasteiger partial charge in [0, 0.05) is 55.0 Å². The van der Waals surface area contributed by atoms with Gasteiger partial charge in [0.25, 0.3) is 17.7 Å². The SMILES string of the molecule is NC1CCC(NC(=O)c2ccc(N3CCCN(C(=O)c4ccc(F)cc4)CC3)c(NC(=O)c3ccc4c(c3)OCO4)c2)CC1. The van der Waals surface area contributed by atoms with Crippen LogP contribution in [0, 0.1) is 5.82 Å². The molecular formula is C33H36FN5O5. The highest BCUT2D eigenvalue weighted by molar-refractivity contribution is 6.07. The number of amides is 3. The van der Waals surface area contributed by atoms with E-state index in [2.05, 4.69) is 15.5 Å². The van der Waals surface area contributed by atoms with Crippen LogP contribution in [0.15, 0.2) is 60.7 Å². The number of carbonyl (C=O) groups excluding carboxylic acids is 3. The number of nitrogens with zero attached hydrogens (tertiary/aromatic N) is 2. The third kappa shape index (κ3) is 6.62. The Labute approximate surface area is 255 Å². The van der Waals surface area contributed by atoms with Crippen LogP contribution >= 0.6 is 0 Å². The molecule has 0 spiro atoms. The van der Waals surface area contributed by atoms with E-state index in [1.54, 1.807) is 35.2 Å². The Bertz CT molecular complexity index is 1540. The van der Waals surface area contributed by atoms with Crippen LogP contribution in [0.5, 0.6) is 11.5 Å². The molecular weight excluding hydrogens is 565 g/mol. The second-order valence-corrected chi connectivity index (χ2v) is 11.5. The lowest BCUT2D eigenvalue weighted by molar-refractivity contribution is 0.0766. The minimum atomic E-state index is -0.390. The smallest absolute Gasteiger partial charge is 0.255 e. The largest absolute Gasteiger partial charge is 0.454 e. The third-order valence-corrected chi connectivity index (χ3v) is 8.46. The van der Waals surface area contributed by atoms with Crippen LogP contribution in [0.3, 0.4) is 0 Å². The van der Waals surface area contributed by atoms with Crippen molar-refractivity contribution in [2.75, 3.05) is 43.2 Å². The monoisotopic (exact) mass is 601 g/mol. The summed E-state index contributed by atoms with van der Waals surface area (Å²) >= 11 is 0. The maximum atomic E-state index is 13.4. The quantitative estimate of drug-likeness (QED) is 0.387. The van der Waals surface area contributed by atoms with Gasteiger partial charge in [-0.1, -0.05) is 0 Å². The van der Waals surface area contributed by atoms with Gasteiger partial charge in [-0.2, -0.15) is 0 Å². The highest BCUT2D eigenvalue weighted by Gasteiger charge is 2.25. The Morgan fingerprint density at radius 2 is 1.48 bits per heavy atom. The van der Waals surface area contributed by atoms with Crippen LogP contribution in [-0.4, -0.2) is 67.7 Å². The standard InChI is InChI=1S/C33H36FN5O5/c34-24-6-2-21(3-7-24)33(42)39-15-1-14-38(16-17-39)28-12-4-22(31(40)36-26-10-8-25(35)9-11-26)18-27(28)37-32(41)23-5-13-29-30(19-23)44-20-43-29/h2-7,12-13,18-19,25-26H,1,8-11,14-17,20,35H2,(H,36,40)(H,37,41). The molecule has 0 aromatic heterocycles. The van der Waals surface area contributed by atoms with Crippen LogP contribution in [0.2, 0.25) is 0 Å². The Morgan fingerprint density at radius 1 is 0.773 bits per heavy atom. The van der Waals surface area contributed by atoms with Crippen LogP contribution in [0.1, 0.15) is 63.2 Å². The lowest BCUT2D eigenvalue weighted by Gasteiger charge is -2.28. The van der Waals surface area contributed by atoms with Gasteiger partial charge < -0.3 is 35.6 Å². The Balaban J connectivity index is 1.22. The van der Waals surface area contributed by atoms with E-state index in [4.69, 9.17) is 15.2 Å². The highest BCUT2D eigenvalue weighted by atomic mass is 19.1. The molecule has 230 valence electrons. The molecule has 1 saturated carbocycles. The fraction of sp³-hybridized carbons (Fsp3) is 0.364. The average molecular weight is 602 g/mol. The number of hydrogen-bond donors (Lipinski definition) is 3. The molecule has 3 aromatic rings. The van der Waals surface area contributed by atoms with Crippen molar-refractivity contribution in [3.05, 3.63) is 83.2 Å². The maximum Gasteiger partial charge on any atom is 0.255 e. The Kier molecular flexibility index (Phi) is 8.65. The van der Waals surface area contributed by atoms with Gasteiger partial charge in [-0.05, 0) is 92.8 Å². The zero-order chi connectivity index (χ0) is 30.6. The van der Waals surface area contributed by atoms with E-state index < -0.39 is 0 Å². The number of halogens is 1. The van der Waals surface area contributed by atoms with Gasteiger partial charge in [0.15, 0.2) is 11.5 Å². The summed E-state index contributed by atoms with van der Waals surface area (Å²) in [5.74, 6) is -0.0304. The number of ether oxygens (including phenoxy) is 2. The van der Waals surface area contributed by atoms with Gasteiger partial charge in [0.05, 0.1) is 11.4 Å². The molecule has 0 unspecified atom stereocenters. The average Bonchev–Trinajstić information content (AvgIpc) is 3.37. The molecule has 10 nitrogen and oxygen atoms in total. The third-order valence-electron chi connectivity index (χ3n) is 8.46. The van der Waals surface area contributed by atoms with Gasteiger partial charge in [-0.15, -0.1) is 0 Å². The summed E-state index contributed by atoms with van der Waals surface area (Å²) < 4.78 is 24.2. The number of hydrogen-bond acceptors (Lipinski definition) is 7. The van der Waals surface area contributed by atoms with Crippen molar-refractivity contribution in [3.8, 4) is 11.5 Å². The van der Waals surface area contributed by atoms with Crippen molar-refractivity contribution in [3.63, 3.8) is 0 Å². The number of nitrogens with two attached hydrogens (primary N) is 1. The second kappa shape index (κ2) is 12.9. The lowest BCUT2D eigenvalue weighted by Crippen LogP contribution is -2.40. The van der Waals surface area contributed by atoms with E-state index in [1.165, 1.54) is 24.3 Å². The van der Waals surface area contributed by atoms with Gasteiger partial charge in [-0.25, -0.2) is 4.39 Å². The van der Waals surface area contributed by atoms with Crippen LogP contribution in [-0.2, 0) is 0 Å². The number of fused-ring (bicyclic) bond motifs is 1. The molecule has 0 bridgehead atoms. The molecule has 1 saturated heterocycles. The first-order valence-corrected chi connectivity index (χ1v) is 15.1. The number of rotatable bonds is 6. The van der Waals surface area contributed by atoms with E-state index in [0.29, 0.717) is 66.5 Å². The minimum absolute atomic E-state index is 0.0592. The van der Waals surface area contributed by atoms with Crippen molar-refractivity contribution in [2.45, 2.75) is 44.2 Å². The molecule has 0 atom stereocenters. The normalized spacial score (nSPS) is 19.7. The summed E-state index contributed by atoms with van der Waals surface area (Å²) in [4.78, 5) is 43.7. The molecule has 2 fully saturated rings. The van der Waals surface area contributed by atoms with Crippen LogP contribution in [0.4, 0.5) is 15.8 Å². The van der Waals surface area contributed by atoms with E-state index in [0.717, 1.165) is 31.4 Å². The molecule has 0 radical (unpaired) electrons. The lowest BCUT2D eigenvalue weighted by atomic mass is 9.91.